The van der Waals surface area contributed by atoms with Crippen molar-refractivity contribution in [3.8, 4) is 0 Å². The second kappa shape index (κ2) is 7.60. The lowest BCUT2D eigenvalue weighted by Gasteiger charge is -2.23. The average Bonchev–Trinajstić information content (AvgIpc) is 3.41. The molecule has 1 fully saturated rings. The van der Waals surface area contributed by atoms with Gasteiger partial charge in [0.25, 0.3) is 5.91 Å². The molecule has 1 amide bonds. The first-order chi connectivity index (χ1) is 14.3. The molecule has 2 aromatic heterocycles. The third kappa shape index (κ3) is 3.56. The minimum absolute atomic E-state index is 0.200. The molecular weight excluding hydrogens is 382 g/mol. The molecule has 144 valence electrons. The van der Waals surface area contributed by atoms with Crippen molar-refractivity contribution in [1.29, 1.82) is 0 Å². The van der Waals surface area contributed by atoms with Crippen LogP contribution >= 0.6 is 11.3 Å². The van der Waals surface area contributed by atoms with Crippen molar-refractivity contribution >= 4 is 39.0 Å². The maximum absolute atomic E-state index is 12.4. The Labute approximate surface area is 172 Å². The SMILES string of the molecule is O=C(Nc1ccccc1)c1ccc(N2CCCC2c2nc3ccccc3s2)nn1. The monoisotopic (exact) mass is 401 g/mol. The molecule has 7 heteroatoms. The minimum atomic E-state index is -0.264. The molecule has 6 nitrogen and oxygen atoms in total. The van der Waals surface area contributed by atoms with Crippen LogP contribution in [0.2, 0.25) is 0 Å². The van der Waals surface area contributed by atoms with E-state index in [4.69, 9.17) is 4.98 Å². The molecule has 1 aliphatic rings. The maximum atomic E-state index is 12.4. The van der Waals surface area contributed by atoms with Gasteiger partial charge in [0.1, 0.15) is 5.01 Å². The van der Waals surface area contributed by atoms with Crippen LogP contribution in [0.4, 0.5) is 11.5 Å². The summed E-state index contributed by atoms with van der Waals surface area (Å²) in [7, 11) is 0. The molecule has 0 spiro atoms. The summed E-state index contributed by atoms with van der Waals surface area (Å²) in [6.07, 6.45) is 2.12. The first kappa shape index (κ1) is 17.8. The van der Waals surface area contributed by atoms with Crippen LogP contribution in [-0.2, 0) is 0 Å². The predicted molar refractivity (Wildman–Crippen MR) is 115 cm³/mol. The van der Waals surface area contributed by atoms with E-state index in [0.717, 1.165) is 41.4 Å². The molecule has 1 aliphatic heterocycles. The molecule has 1 atom stereocenters. The molecule has 0 bridgehead atoms. The highest BCUT2D eigenvalue weighted by Gasteiger charge is 2.30. The van der Waals surface area contributed by atoms with Gasteiger partial charge in [-0.2, -0.15) is 0 Å². The van der Waals surface area contributed by atoms with Crippen LogP contribution in [0, 0.1) is 0 Å². The third-order valence-electron chi connectivity index (χ3n) is 5.06. The van der Waals surface area contributed by atoms with Crippen molar-refractivity contribution in [3.63, 3.8) is 0 Å². The van der Waals surface area contributed by atoms with E-state index in [9.17, 15) is 4.79 Å². The highest BCUT2D eigenvalue weighted by atomic mass is 32.1. The van der Waals surface area contributed by atoms with Gasteiger partial charge in [0.2, 0.25) is 0 Å². The second-order valence-corrected chi connectivity index (χ2v) is 8.03. The summed E-state index contributed by atoms with van der Waals surface area (Å²) < 4.78 is 1.20. The molecule has 0 aliphatic carbocycles. The van der Waals surface area contributed by atoms with Crippen LogP contribution < -0.4 is 10.2 Å². The zero-order chi connectivity index (χ0) is 19.6. The van der Waals surface area contributed by atoms with Gasteiger partial charge in [-0.05, 0) is 49.2 Å². The first-order valence-corrected chi connectivity index (χ1v) is 10.4. The van der Waals surface area contributed by atoms with Gasteiger partial charge in [0.15, 0.2) is 11.5 Å². The van der Waals surface area contributed by atoms with Crippen LogP contribution in [0.3, 0.4) is 0 Å². The number of carbonyl (C=O) groups is 1. The fourth-order valence-electron chi connectivity index (χ4n) is 3.65. The van der Waals surface area contributed by atoms with Crippen LogP contribution in [0.25, 0.3) is 10.2 Å². The minimum Gasteiger partial charge on any atom is -0.346 e. The summed E-state index contributed by atoms with van der Waals surface area (Å²) in [6.45, 7) is 0.908. The van der Waals surface area contributed by atoms with Crippen molar-refractivity contribution in [3.05, 3.63) is 77.4 Å². The largest absolute Gasteiger partial charge is 0.346 e. The summed E-state index contributed by atoms with van der Waals surface area (Å²) in [5.74, 6) is 0.516. The van der Waals surface area contributed by atoms with E-state index in [1.165, 1.54) is 4.70 Å². The summed E-state index contributed by atoms with van der Waals surface area (Å²) in [6, 6.07) is 21.4. The van der Waals surface area contributed by atoms with Crippen LogP contribution in [0.1, 0.15) is 34.4 Å². The molecule has 1 unspecified atom stereocenters. The third-order valence-corrected chi connectivity index (χ3v) is 6.19. The zero-order valence-electron chi connectivity index (χ0n) is 15.7. The van der Waals surface area contributed by atoms with Crippen LogP contribution in [-0.4, -0.2) is 27.6 Å². The van der Waals surface area contributed by atoms with Crippen molar-refractivity contribution in [2.24, 2.45) is 0 Å². The van der Waals surface area contributed by atoms with E-state index in [2.05, 4.69) is 32.5 Å². The lowest BCUT2D eigenvalue weighted by Crippen LogP contribution is -2.24. The highest BCUT2D eigenvalue weighted by molar-refractivity contribution is 7.18. The quantitative estimate of drug-likeness (QED) is 0.538. The van der Waals surface area contributed by atoms with Gasteiger partial charge in [0.05, 0.1) is 16.3 Å². The van der Waals surface area contributed by atoms with Crippen molar-refractivity contribution in [1.82, 2.24) is 15.2 Å². The maximum Gasteiger partial charge on any atom is 0.276 e. The Morgan fingerprint density at radius 3 is 2.62 bits per heavy atom. The van der Waals surface area contributed by atoms with E-state index < -0.39 is 0 Å². The predicted octanol–water partition coefficient (Wildman–Crippen LogP) is 4.68. The molecule has 29 heavy (non-hydrogen) atoms. The van der Waals surface area contributed by atoms with Gasteiger partial charge < -0.3 is 10.2 Å². The first-order valence-electron chi connectivity index (χ1n) is 9.60. The number of para-hydroxylation sites is 2. The fraction of sp³-hybridized carbons (Fsp3) is 0.182. The molecule has 1 N–H and O–H groups in total. The summed E-state index contributed by atoms with van der Waals surface area (Å²) in [5, 5.41) is 12.5. The lowest BCUT2D eigenvalue weighted by molar-refractivity contribution is 0.102. The number of nitrogens with zero attached hydrogens (tertiary/aromatic N) is 4. The Morgan fingerprint density at radius 2 is 1.83 bits per heavy atom. The van der Waals surface area contributed by atoms with Crippen LogP contribution in [0.5, 0.6) is 0 Å². The van der Waals surface area contributed by atoms with E-state index in [-0.39, 0.29) is 11.9 Å². The molecule has 3 heterocycles. The molecular formula is C22H19N5OS. The number of fused-ring (bicyclic) bond motifs is 1. The van der Waals surface area contributed by atoms with E-state index in [0.29, 0.717) is 5.69 Å². The molecule has 4 aromatic rings. The Kier molecular flexibility index (Phi) is 4.65. The molecule has 2 aromatic carbocycles. The van der Waals surface area contributed by atoms with Crippen molar-refractivity contribution in [2.45, 2.75) is 18.9 Å². The van der Waals surface area contributed by atoms with Gasteiger partial charge in [-0.25, -0.2) is 4.98 Å². The Balaban J connectivity index is 1.35. The fourth-order valence-corrected chi connectivity index (χ4v) is 4.76. The molecule has 1 saturated heterocycles. The number of benzene rings is 2. The number of anilines is 2. The number of amides is 1. The number of nitrogens with one attached hydrogen (secondary N) is 1. The second-order valence-electron chi connectivity index (χ2n) is 6.97. The van der Waals surface area contributed by atoms with Gasteiger partial charge in [-0.3, -0.25) is 4.79 Å². The average molecular weight is 401 g/mol. The zero-order valence-corrected chi connectivity index (χ0v) is 16.5. The van der Waals surface area contributed by atoms with Gasteiger partial charge >= 0.3 is 0 Å². The standard InChI is InChI=1S/C22H19N5OS/c28-21(23-15-7-2-1-3-8-15)17-12-13-20(26-25-17)27-14-6-10-18(27)22-24-16-9-4-5-11-19(16)29-22/h1-5,7-9,11-13,18H,6,10,14H2,(H,23,28). The normalized spacial score (nSPS) is 16.3. The lowest BCUT2D eigenvalue weighted by atomic mass is 10.2. The number of carbonyl (C=O) groups excluding carboxylic acids is 1. The number of hydrogen-bond donors (Lipinski definition) is 1. The number of aromatic nitrogens is 3. The number of hydrogen-bond acceptors (Lipinski definition) is 6. The smallest absolute Gasteiger partial charge is 0.276 e. The topological polar surface area (TPSA) is 71.0 Å². The molecule has 5 rings (SSSR count). The van der Waals surface area contributed by atoms with Gasteiger partial charge in [-0.1, -0.05) is 30.3 Å². The Hall–Kier alpha value is -3.32. The number of thiazole rings is 1. The Bertz CT molecular complexity index is 1110. The summed E-state index contributed by atoms with van der Waals surface area (Å²) >= 11 is 1.74. The van der Waals surface area contributed by atoms with E-state index in [1.54, 1.807) is 17.4 Å². The van der Waals surface area contributed by atoms with Crippen molar-refractivity contribution < 1.29 is 4.79 Å². The molecule has 0 radical (unpaired) electrons. The molecule has 0 saturated carbocycles. The van der Waals surface area contributed by atoms with Crippen molar-refractivity contribution in [2.75, 3.05) is 16.8 Å². The number of rotatable bonds is 4. The summed E-state index contributed by atoms with van der Waals surface area (Å²) in [4.78, 5) is 19.5. The van der Waals surface area contributed by atoms with Gasteiger partial charge in [0, 0.05) is 12.2 Å². The van der Waals surface area contributed by atoms with Crippen LogP contribution in [0.15, 0.2) is 66.7 Å². The Morgan fingerprint density at radius 1 is 1.00 bits per heavy atom. The highest BCUT2D eigenvalue weighted by Crippen LogP contribution is 2.38. The van der Waals surface area contributed by atoms with Gasteiger partial charge in [-0.15, -0.1) is 21.5 Å². The van der Waals surface area contributed by atoms with E-state index >= 15 is 0 Å². The van der Waals surface area contributed by atoms with E-state index in [1.807, 2.05) is 48.5 Å². The summed E-state index contributed by atoms with van der Waals surface area (Å²) in [5.41, 5.74) is 2.07.